The van der Waals surface area contributed by atoms with Crippen LogP contribution in [-0.2, 0) is 38.7 Å². The molecule has 0 aromatic carbocycles. The molecule has 0 bridgehead atoms. The van der Waals surface area contributed by atoms with E-state index in [9.17, 15) is 37.9 Å². The highest BCUT2D eigenvalue weighted by molar-refractivity contribution is 7.85. The molecule has 344 valence electrons. The van der Waals surface area contributed by atoms with E-state index in [0.717, 1.165) is 38.5 Å². The lowest BCUT2D eigenvalue weighted by Gasteiger charge is -2.40. The summed E-state index contributed by atoms with van der Waals surface area (Å²) in [6.45, 7) is 3.75. The number of unbranched alkanes of at least 4 members (excludes halogenated alkanes) is 28. The van der Waals surface area contributed by atoms with Crippen molar-refractivity contribution in [1.29, 1.82) is 0 Å². The Labute approximate surface area is 353 Å². The van der Waals surface area contributed by atoms with Gasteiger partial charge >= 0.3 is 11.9 Å². The Hall–Kier alpha value is -1.35. The van der Waals surface area contributed by atoms with Gasteiger partial charge in [-0.3, -0.25) is 14.1 Å². The summed E-state index contributed by atoms with van der Waals surface area (Å²) in [7, 11) is -4.59. The van der Waals surface area contributed by atoms with Gasteiger partial charge in [-0.2, -0.15) is 8.42 Å². The maximum absolute atomic E-state index is 12.8. The molecule has 0 aliphatic carbocycles. The van der Waals surface area contributed by atoms with E-state index in [1.807, 2.05) is 0 Å². The Morgan fingerprint density at radius 1 is 0.517 bits per heavy atom. The Bertz CT molecular complexity index is 1090. The van der Waals surface area contributed by atoms with Crippen LogP contribution in [0.1, 0.15) is 219 Å². The third-order valence-corrected chi connectivity index (χ3v) is 11.9. The molecule has 12 nitrogen and oxygen atoms in total. The smallest absolute Gasteiger partial charge is 0.306 e. The van der Waals surface area contributed by atoms with Crippen LogP contribution < -0.4 is 0 Å². The van der Waals surface area contributed by atoms with Crippen molar-refractivity contribution in [2.45, 2.75) is 256 Å². The van der Waals surface area contributed by atoms with Gasteiger partial charge in [0.1, 0.15) is 36.8 Å². The molecule has 1 rings (SSSR count). The highest BCUT2D eigenvalue weighted by Gasteiger charge is 2.46. The molecule has 2 unspecified atom stereocenters. The van der Waals surface area contributed by atoms with Crippen molar-refractivity contribution >= 4 is 22.1 Å². The first-order valence-electron chi connectivity index (χ1n) is 23.6. The maximum atomic E-state index is 12.8. The molecule has 0 amide bonds. The van der Waals surface area contributed by atoms with Gasteiger partial charge in [-0.15, -0.1) is 0 Å². The summed E-state index contributed by atoms with van der Waals surface area (Å²) < 4.78 is 54.0. The molecule has 0 saturated carbocycles. The Kier molecular flexibility index (Phi) is 34.2. The molecule has 0 radical (unpaired) electrons. The van der Waals surface area contributed by atoms with Crippen LogP contribution in [0.4, 0.5) is 0 Å². The summed E-state index contributed by atoms with van der Waals surface area (Å²) in [6, 6.07) is 0. The first-order chi connectivity index (χ1) is 28.0. The van der Waals surface area contributed by atoms with Crippen LogP contribution in [0.3, 0.4) is 0 Å². The van der Waals surface area contributed by atoms with Crippen molar-refractivity contribution in [3.63, 3.8) is 0 Å². The highest BCUT2D eigenvalue weighted by atomic mass is 32.2. The van der Waals surface area contributed by atoms with Crippen LogP contribution in [0, 0.1) is 0 Å². The van der Waals surface area contributed by atoms with Crippen LogP contribution in [0.5, 0.6) is 0 Å². The highest BCUT2D eigenvalue weighted by Crippen LogP contribution is 2.24. The van der Waals surface area contributed by atoms with Crippen LogP contribution >= 0.6 is 0 Å². The van der Waals surface area contributed by atoms with E-state index in [1.54, 1.807) is 0 Å². The van der Waals surface area contributed by atoms with E-state index >= 15 is 0 Å². The van der Waals surface area contributed by atoms with Gasteiger partial charge in [-0.05, 0) is 12.8 Å². The van der Waals surface area contributed by atoms with Gasteiger partial charge in [0, 0.05) is 12.8 Å². The number of aliphatic hydroxyl groups is 3. The molecule has 0 spiro atoms. The van der Waals surface area contributed by atoms with Gasteiger partial charge in [0.05, 0.1) is 6.61 Å². The number of carbonyl (C=O) groups excluding carboxylic acids is 2. The van der Waals surface area contributed by atoms with Crippen molar-refractivity contribution in [3.8, 4) is 0 Å². The molecular weight excluding hydrogens is 765 g/mol. The number of rotatable bonds is 40. The van der Waals surface area contributed by atoms with Crippen LogP contribution in [0.15, 0.2) is 0 Å². The first-order valence-corrected chi connectivity index (χ1v) is 25.2. The molecule has 1 aliphatic rings. The van der Waals surface area contributed by atoms with Crippen molar-refractivity contribution < 1.29 is 56.8 Å². The molecular formula is C45H86O12S. The van der Waals surface area contributed by atoms with Gasteiger partial charge in [-0.1, -0.05) is 194 Å². The molecule has 0 aromatic heterocycles. The summed E-state index contributed by atoms with van der Waals surface area (Å²) in [5, 5.41) is 30.8. The zero-order chi connectivity index (χ0) is 42.7. The Morgan fingerprint density at radius 3 is 1.26 bits per heavy atom. The number of esters is 2. The average molecular weight is 851 g/mol. The SMILES string of the molecule is CCCCCCCCCCCCCCCCCCCCCCCCC(=O)O[C@H](COC(=O)CCCCCCCCCC)CO[C@H]1O[C@H](CS(=O)(=O)O)[C@@H](O)C(O)C1O. The second kappa shape index (κ2) is 36.3. The standard InChI is InChI=1S/C45H86O12S/c1-3-5-7-9-11-13-14-15-16-17-18-19-20-21-22-23-24-25-26-28-30-32-34-41(47)56-38(35-54-40(46)33-31-29-27-12-10-8-6-4-2)36-55-45-44(50)43(49)42(48)39(57-45)37-58(51,52)53/h38-39,42-45,48-50H,3-37H2,1-2H3,(H,51,52,53)/t38-,39-,42-,43?,44?,45+/m1/s1. The molecule has 13 heteroatoms. The molecule has 1 fully saturated rings. The van der Waals surface area contributed by atoms with Crippen LogP contribution in [0.25, 0.3) is 0 Å². The molecule has 6 atom stereocenters. The zero-order valence-electron chi connectivity index (χ0n) is 36.7. The van der Waals surface area contributed by atoms with E-state index in [2.05, 4.69) is 13.8 Å². The fraction of sp³-hybridized carbons (Fsp3) is 0.956. The van der Waals surface area contributed by atoms with Crippen LogP contribution in [-0.4, -0.2) is 96.0 Å². The fourth-order valence-corrected chi connectivity index (χ4v) is 8.19. The summed E-state index contributed by atoms with van der Waals surface area (Å²) in [4.78, 5) is 25.3. The zero-order valence-corrected chi connectivity index (χ0v) is 37.5. The van der Waals surface area contributed by atoms with E-state index < -0.39 is 71.2 Å². The maximum Gasteiger partial charge on any atom is 0.306 e. The number of ether oxygens (including phenoxy) is 4. The lowest BCUT2D eigenvalue weighted by atomic mass is 10.00. The quantitative estimate of drug-likeness (QED) is 0.0260. The minimum absolute atomic E-state index is 0.172. The minimum atomic E-state index is -4.59. The van der Waals surface area contributed by atoms with Gasteiger partial charge < -0.3 is 34.3 Å². The van der Waals surface area contributed by atoms with Gasteiger partial charge in [-0.25, -0.2) is 0 Å². The third kappa shape index (κ3) is 30.6. The number of hydrogen-bond acceptors (Lipinski definition) is 11. The number of carbonyl (C=O) groups is 2. The molecule has 4 N–H and O–H groups in total. The van der Waals surface area contributed by atoms with E-state index in [-0.39, 0.29) is 19.4 Å². The predicted molar refractivity (Wildman–Crippen MR) is 229 cm³/mol. The fourth-order valence-electron chi connectivity index (χ4n) is 7.50. The van der Waals surface area contributed by atoms with Gasteiger partial charge in [0.15, 0.2) is 12.4 Å². The van der Waals surface area contributed by atoms with Crippen molar-refractivity contribution in [1.82, 2.24) is 0 Å². The van der Waals surface area contributed by atoms with Crippen molar-refractivity contribution in [2.24, 2.45) is 0 Å². The molecule has 1 heterocycles. The van der Waals surface area contributed by atoms with Gasteiger partial charge in [0.2, 0.25) is 0 Å². The second-order valence-corrected chi connectivity index (χ2v) is 18.3. The normalized spacial score (nSPS) is 20.3. The summed E-state index contributed by atoms with van der Waals surface area (Å²) in [6.07, 6.45) is 27.5. The van der Waals surface area contributed by atoms with Crippen molar-refractivity contribution in [2.75, 3.05) is 19.0 Å². The third-order valence-electron chi connectivity index (χ3n) is 11.2. The summed E-state index contributed by atoms with van der Waals surface area (Å²) in [5.41, 5.74) is 0. The largest absolute Gasteiger partial charge is 0.462 e. The first kappa shape index (κ1) is 54.7. The molecule has 1 saturated heterocycles. The lowest BCUT2D eigenvalue weighted by molar-refractivity contribution is -0.297. The number of aliphatic hydroxyl groups excluding tert-OH is 3. The summed E-state index contributed by atoms with van der Waals surface area (Å²) >= 11 is 0. The van der Waals surface area contributed by atoms with Gasteiger partial charge in [0.25, 0.3) is 10.1 Å². The monoisotopic (exact) mass is 851 g/mol. The topological polar surface area (TPSA) is 186 Å². The van der Waals surface area contributed by atoms with E-state index in [0.29, 0.717) is 12.8 Å². The predicted octanol–water partition coefficient (Wildman–Crippen LogP) is 9.68. The molecule has 1 aliphatic heterocycles. The second-order valence-electron chi connectivity index (χ2n) is 16.8. The van der Waals surface area contributed by atoms with Crippen molar-refractivity contribution in [3.05, 3.63) is 0 Å². The van der Waals surface area contributed by atoms with E-state index in [4.69, 9.17) is 18.9 Å². The number of hydrogen-bond donors (Lipinski definition) is 4. The van der Waals surface area contributed by atoms with Crippen LogP contribution in [0.2, 0.25) is 0 Å². The summed E-state index contributed by atoms with van der Waals surface area (Å²) in [5.74, 6) is -1.97. The minimum Gasteiger partial charge on any atom is -0.462 e. The Morgan fingerprint density at radius 2 is 0.879 bits per heavy atom. The average Bonchev–Trinajstić information content (AvgIpc) is 3.19. The molecule has 58 heavy (non-hydrogen) atoms. The Balaban J connectivity index is 2.31. The lowest BCUT2D eigenvalue weighted by Crippen LogP contribution is -2.60. The molecule has 0 aromatic rings. The van der Waals surface area contributed by atoms with E-state index in [1.165, 1.54) is 141 Å².